The third kappa shape index (κ3) is 2.66. The van der Waals surface area contributed by atoms with Gasteiger partial charge in [-0.05, 0) is 44.4 Å². The molecule has 2 atom stereocenters. The Morgan fingerprint density at radius 3 is 3.00 bits per heavy atom. The second kappa shape index (κ2) is 5.87. The summed E-state index contributed by atoms with van der Waals surface area (Å²) in [4.78, 5) is 7.30. The SMILES string of the molecule is CC1CCCN(C(C)c2nc3ccccc3n2CC#N)C1. The highest BCUT2D eigenvalue weighted by molar-refractivity contribution is 5.76. The van der Waals surface area contributed by atoms with Crippen LogP contribution in [0.2, 0.25) is 0 Å². The van der Waals surface area contributed by atoms with Gasteiger partial charge in [0.15, 0.2) is 0 Å². The number of hydrogen-bond donors (Lipinski definition) is 0. The summed E-state index contributed by atoms with van der Waals surface area (Å²) in [6, 6.07) is 10.6. The van der Waals surface area contributed by atoms with E-state index in [2.05, 4.69) is 35.5 Å². The number of imidazole rings is 1. The lowest BCUT2D eigenvalue weighted by molar-refractivity contribution is 0.132. The van der Waals surface area contributed by atoms with Gasteiger partial charge in [0.05, 0.1) is 23.1 Å². The van der Waals surface area contributed by atoms with Crippen molar-refractivity contribution in [1.29, 1.82) is 5.26 Å². The first-order valence-corrected chi connectivity index (χ1v) is 7.77. The van der Waals surface area contributed by atoms with Crippen LogP contribution in [0.5, 0.6) is 0 Å². The Kier molecular flexibility index (Phi) is 3.94. The van der Waals surface area contributed by atoms with Crippen LogP contribution < -0.4 is 0 Å². The first-order chi connectivity index (χ1) is 10.2. The standard InChI is InChI=1S/C17H22N4/c1-13-6-5-10-20(12-13)14(2)17-19-15-7-3-4-8-16(15)21(17)11-9-18/h3-4,7-8,13-14H,5-6,10-12H2,1-2H3. The number of piperidine rings is 1. The van der Waals surface area contributed by atoms with Gasteiger partial charge in [-0.2, -0.15) is 5.26 Å². The van der Waals surface area contributed by atoms with E-state index in [0.717, 1.165) is 35.9 Å². The summed E-state index contributed by atoms with van der Waals surface area (Å²) in [5.41, 5.74) is 2.05. The predicted molar refractivity (Wildman–Crippen MR) is 83.7 cm³/mol. The minimum Gasteiger partial charge on any atom is -0.313 e. The second-order valence-electron chi connectivity index (χ2n) is 6.12. The monoisotopic (exact) mass is 282 g/mol. The number of rotatable bonds is 3. The molecule has 0 amide bonds. The van der Waals surface area contributed by atoms with Gasteiger partial charge in [0.1, 0.15) is 12.4 Å². The van der Waals surface area contributed by atoms with Gasteiger partial charge in [-0.25, -0.2) is 4.98 Å². The van der Waals surface area contributed by atoms with Crippen molar-refractivity contribution in [2.45, 2.75) is 39.3 Å². The lowest BCUT2D eigenvalue weighted by Gasteiger charge is -2.35. The Balaban J connectivity index is 1.98. The molecule has 1 saturated heterocycles. The molecule has 2 heterocycles. The van der Waals surface area contributed by atoms with Gasteiger partial charge in [0.25, 0.3) is 0 Å². The van der Waals surface area contributed by atoms with Crippen molar-refractivity contribution in [3.05, 3.63) is 30.1 Å². The average molecular weight is 282 g/mol. The summed E-state index contributed by atoms with van der Waals surface area (Å²) < 4.78 is 2.07. The van der Waals surface area contributed by atoms with E-state index in [-0.39, 0.29) is 6.04 Å². The number of benzene rings is 1. The molecule has 2 aromatic rings. The number of nitrogens with zero attached hydrogens (tertiary/aromatic N) is 4. The van der Waals surface area contributed by atoms with Gasteiger partial charge < -0.3 is 4.57 Å². The fourth-order valence-electron chi connectivity index (χ4n) is 3.39. The molecule has 1 fully saturated rings. The first-order valence-electron chi connectivity index (χ1n) is 7.77. The zero-order valence-corrected chi connectivity index (χ0v) is 12.8. The van der Waals surface area contributed by atoms with Crippen LogP contribution in [0.4, 0.5) is 0 Å². The third-order valence-electron chi connectivity index (χ3n) is 4.52. The highest BCUT2D eigenvalue weighted by Crippen LogP contribution is 2.28. The van der Waals surface area contributed by atoms with Crippen LogP contribution in [0.25, 0.3) is 11.0 Å². The van der Waals surface area contributed by atoms with Gasteiger partial charge >= 0.3 is 0 Å². The van der Waals surface area contributed by atoms with Crippen molar-refractivity contribution in [3.8, 4) is 6.07 Å². The molecule has 3 rings (SSSR count). The van der Waals surface area contributed by atoms with E-state index >= 15 is 0 Å². The molecule has 21 heavy (non-hydrogen) atoms. The van der Waals surface area contributed by atoms with Crippen molar-refractivity contribution in [3.63, 3.8) is 0 Å². The van der Waals surface area contributed by atoms with E-state index in [9.17, 15) is 0 Å². The van der Waals surface area contributed by atoms with Gasteiger partial charge in [-0.15, -0.1) is 0 Å². The Bertz CT molecular complexity index is 667. The van der Waals surface area contributed by atoms with Gasteiger partial charge in [0.2, 0.25) is 0 Å². The molecule has 110 valence electrons. The largest absolute Gasteiger partial charge is 0.313 e. The summed E-state index contributed by atoms with van der Waals surface area (Å²) in [7, 11) is 0. The summed E-state index contributed by atoms with van der Waals surface area (Å²) in [5.74, 6) is 1.77. The Hall–Kier alpha value is -1.86. The maximum Gasteiger partial charge on any atom is 0.127 e. The van der Waals surface area contributed by atoms with Crippen LogP contribution in [0.1, 0.15) is 38.6 Å². The molecule has 4 nitrogen and oxygen atoms in total. The van der Waals surface area contributed by atoms with Crippen molar-refractivity contribution in [2.24, 2.45) is 5.92 Å². The molecule has 4 heteroatoms. The topological polar surface area (TPSA) is 44.9 Å². The molecule has 1 aliphatic heterocycles. The van der Waals surface area contributed by atoms with Gasteiger partial charge in [0, 0.05) is 6.54 Å². The van der Waals surface area contributed by atoms with Crippen LogP contribution in [0.3, 0.4) is 0 Å². The summed E-state index contributed by atoms with van der Waals surface area (Å²) in [5, 5.41) is 9.14. The fourth-order valence-corrected chi connectivity index (χ4v) is 3.39. The van der Waals surface area contributed by atoms with Crippen LogP contribution in [-0.2, 0) is 6.54 Å². The van der Waals surface area contributed by atoms with Crippen molar-refractivity contribution in [1.82, 2.24) is 14.5 Å². The molecule has 1 aromatic heterocycles. The van der Waals surface area contributed by atoms with Crippen molar-refractivity contribution >= 4 is 11.0 Å². The lowest BCUT2D eigenvalue weighted by Crippen LogP contribution is -2.37. The summed E-state index contributed by atoms with van der Waals surface area (Å²) >= 11 is 0. The molecule has 1 aliphatic rings. The van der Waals surface area contributed by atoms with E-state index in [0.29, 0.717) is 6.54 Å². The summed E-state index contributed by atoms with van der Waals surface area (Å²) in [6.07, 6.45) is 2.57. The predicted octanol–water partition coefficient (Wildman–Crippen LogP) is 3.35. The smallest absolute Gasteiger partial charge is 0.127 e. The zero-order valence-electron chi connectivity index (χ0n) is 12.8. The molecule has 0 spiro atoms. The van der Waals surface area contributed by atoms with E-state index < -0.39 is 0 Å². The minimum absolute atomic E-state index is 0.258. The number of likely N-dealkylation sites (tertiary alicyclic amines) is 1. The number of nitriles is 1. The molecule has 1 aromatic carbocycles. The van der Waals surface area contributed by atoms with Gasteiger partial charge in [-0.3, -0.25) is 4.90 Å². The van der Waals surface area contributed by atoms with Gasteiger partial charge in [-0.1, -0.05) is 19.1 Å². The molecule has 0 saturated carbocycles. The van der Waals surface area contributed by atoms with Crippen molar-refractivity contribution in [2.75, 3.05) is 13.1 Å². The molecule has 0 radical (unpaired) electrons. The Morgan fingerprint density at radius 2 is 2.24 bits per heavy atom. The lowest BCUT2D eigenvalue weighted by atomic mass is 9.99. The van der Waals surface area contributed by atoms with E-state index in [4.69, 9.17) is 10.2 Å². The maximum absolute atomic E-state index is 9.14. The normalized spacial score (nSPS) is 21.3. The first kappa shape index (κ1) is 14.1. The van der Waals surface area contributed by atoms with E-state index in [1.54, 1.807) is 0 Å². The van der Waals surface area contributed by atoms with Crippen LogP contribution in [-0.4, -0.2) is 27.5 Å². The Morgan fingerprint density at radius 1 is 1.43 bits per heavy atom. The van der Waals surface area contributed by atoms with Crippen LogP contribution >= 0.6 is 0 Å². The highest BCUT2D eigenvalue weighted by Gasteiger charge is 2.25. The van der Waals surface area contributed by atoms with E-state index in [1.165, 1.54) is 12.8 Å². The van der Waals surface area contributed by atoms with Crippen LogP contribution in [0.15, 0.2) is 24.3 Å². The molecular formula is C17H22N4. The number of hydrogen-bond acceptors (Lipinski definition) is 3. The zero-order chi connectivity index (χ0) is 14.8. The molecule has 0 N–H and O–H groups in total. The molecule has 0 aliphatic carbocycles. The van der Waals surface area contributed by atoms with Crippen LogP contribution in [0, 0.1) is 17.2 Å². The second-order valence-corrected chi connectivity index (χ2v) is 6.12. The molecule has 0 bridgehead atoms. The minimum atomic E-state index is 0.258. The molecular weight excluding hydrogens is 260 g/mol. The quantitative estimate of drug-likeness (QED) is 0.867. The maximum atomic E-state index is 9.14. The number of fused-ring (bicyclic) bond motifs is 1. The molecule has 2 unspecified atom stereocenters. The Labute approximate surface area is 126 Å². The van der Waals surface area contributed by atoms with E-state index in [1.807, 2.05) is 18.2 Å². The number of para-hydroxylation sites is 2. The van der Waals surface area contributed by atoms with Crippen molar-refractivity contribution < 1.29 is 0 Å². The fraction of sp³-hybridized carbons (Fsp3) is 0.529. The highest BCUT2D eigenvalue weighted by atomic mass is 15.2. The average Bonchev–Trinajstić information content (AvgIpc) is 2.86. The third-order valence-corrected chi connectivity index (χ3v) is 4.52. The summed E-state index contributed by atoms with van der Waals surface area (Å²) in [6.45, 7) is 7.14. The number of aromatic nitrogens is 2.